The van der Waals surface area contributed by atoms with E-state index in [9.17, 15) is 18.0 Å². The van der Waals surface area contributed by atoms with E-state index in [1.54, 1.807) is 11.6 Å². The van der Waals surface area contributed by atoms with Gasteiger partial charge in [-0.3, -0.25) is 4.68 Å². The second kappa shape index (κ2) is 6.80. The summed E-state index contributed by atoms with van der Waals surface area (Å²) >= 11 is 0. The van der Waals surface area contributed by atoms with E-state index in [4.69, 9.17) is 0 Å². The first kappa shape index (κ1) is 17.6. The SMILES string of the molecule is CCn1nc(C)c(NC(=O)N[C@@H]2CCC[C@H](C(F)(F)F)C2)c1C. The van der Waals surface area contributed by atoms with Crippen LogP contribution < -0.4 is 10.6 Å². The molecule has 1 saturated carbocycles. The number of carbonyl (C=O) groups excluding carboxylic acids is 1. The topological polar surface area (TPSA) is 59.0 Å². The van der Waals surface area contributed by atoms with Crippen LogP contribution in [0, 0.1) is 19.8 Å². The van der Waals surface area contributed by atoms with E-state index < -0.39 is 24.2 Å². The molecule has 0 spiro atoms. The Morgan fingerprint density at radius 1 is 1.35 bits per heavy atom. The molecule has 0 aromatic carbocycles. The summed E-state index contributed by atoms with van der Waals surface area (Å²) in [5.74, 6) is -1.33. The molecule has 2 N–H and O–H groups in total. The van der Waals surface area contributed by atoms with Crippen LogP contribution >= 0.6 is 0 Å². The zero-order valence-corrected chi connectivity index (χ0v) is 13.6. The summed E-state index contributed by atoms with van der Waals surface area (Å²) in [6.45, 7) is 6.27. The maximum absolute atomic E-state index is 12.8. The predicted octanol–water partition coefficient (Wildman–Crippen LogP) is 3.76. The van der Waals surface area contributed by atoms with Gasteiger partial charge in [-0.2, -0.15) is 18.3 Å². The van der Waals surface area contributed by atoms with Crippen molar-refractivity contribution in [2.75, 3.05) is 5.32 Å². The van der Waals surface area contributed by atoms with Crippen LogP contribution in [0.2, 0.25) is 0 Å². The molecule has 8 heteroatoms. The predicted molar refractivity (Wildman–Crippen MR) is 81.3 cm³/mol. The number of nitrogens with zero attached hydrogens (tertiary/aromatic N) is 2. The van der Waals surface area contributed by atoms with E-state index in [1.165, 1.54) is 0 Å². The number of amides is 2. The summed E-state index contributed by atoms with van der Waals surface area (Å²) in [6, 6.07) is -0.920. The molecule has 23 heavy (non-hydrogen) atoms. The number of hydrogen-bond donors (Lipinski definition) is 2. The molecule has 5 nitrogen and oxygen atoms in total. The van der Waals surface area contributed by atoms with Gasteiger partial charge in [0.25, 0.3) is 0 Å². The largest absolute Gasteiger partial charge is 0.391 e. The summed E-state index contributed by atoms with van der Waals surface area (Å²) in [5, 5.41) is 9.68. The Morgan fingerprint density at radius 3 is 2.61 bits per heavy atom. The highest BCUT2D eigenvalue weighted by Crippen LogP contribution is 2.37. The number of hydrogen-bond acceptors (Lipinski definition) is 2. The van der Waals surface area contributed by atoms with Crippen LogP contribution in [0.3, 0.4) is 0 Å². The van der Waals surface area contributed by atoms with Gasteiger partial charge in [-0.25, -0.2) is 4.79 Å². The Balaban J connectivity index is 1.96. The van der Waals surface area contributed by atoms with Crippen molar-refractivity contribution in [1.29, 1.82) is 0 Å². The van der Waals surface area contributed by atoms with Crippen LogP contribution in [0.5, 0.6) is 0 Å². The van der Waals surface area contributed by atoms with E-state index in [0.717, 1.165) is 5.69 Å². The third kappa shape index (κ3) is 4.17. The van der Waals surface area contributed by atoms with Crippen molar-refractivity contribution < 1.29 is 18.0 Å². The van der Waals surface area contributed by atoms with Crippen molar-refractivity contribution >= 4 is 11.7 Å². The van der Waals surface area contributed by atoms with Crippen LogP contribution in [-0.2, 0) is 6.54 Å². The molecule has 1 heterocycles. The molecule has 2 amide bonds. The van der Waals surface area contributed by atoms with Gasteiger partial charge in [0.2, 0.25) is 0 Å². The van der Waals surface area contributed by atoms with Crippen molar-refractivity contribution in [1.82, 2.24) is 15.1 Å². The van der Waals surface area contributed by atoms with Crippen LogP contribution in [0.15, 0.2) is 0 Å². The summed E-state index contributed by atoms with van der Waals surface area (Å²) < 4.78 is 40.2. The monoisotopic (exact) mass is 332 g/mol. The van der Waals surface area contributed by atoms with E-state index in [-0.39, 0.29) is 12.8 Å². The summed E-state index contributed by atoms with van der Waals surface area (Å²) in [5.41, 5.74) is 2.14. The van der Waals surface area contributed by atoms with E-state index >= 15 is 0 Å². The van der Waals surface area contributed by atoms with Gasteiger partial charge in [0.1, 0.15) is 0 Å². The van der Waals surface area contributed by atoms with Gasteiger partial charge in [-0.15, -0.1) is 0 Å². The lowest BCUT2D eigenvalue weighted by atomic mass is 9.85. The molecule has 1 aliphatic carbocycles. The number of alkyl halides is 3. The summed E-state index contributed by atoms with van der Waals surface area (Å²) in [4.78, 5) is 12.1. The third-order valence-electron chi connectivity index (χ3n) is 4.39. The molecule has 0 bridgehead atoms. The van der Waals surface area contributed by atoms with Crippen molar-refractivity contribution in [2.24, 2.45) is 5.92 Å². The van der Waals surface area contributed by atoms with Gasteiger partial charge >= 0.3 is 12.2 Å². The van der Waals surface area contributed by atoms with Gasteiger partial charge < -0.3 is 10.6 Å². The fourth-order valence-electron chi connectivity index (χ4n) is 3.14. The fraction of sp³-hybridized carbons (Fsp3) is 0.733. The smallest absolute Gasteiger partial charge is 0.335 e. The Hall–Kier alpha value is -1.73. The Bertz CT molecular complexity index is 568. The Kier molecular flexibility index (Phi) is 5.21. The van der Waals surface area contributed by atoms with Gasteiger partial charge in [-0.1, -0.05) is 6.42 Å². The molecule has 1 aliphatic rings. The quantitative estimate of drug-likeness (QED) is 0.885. The third-order valence-corrected chi connectivity index (χ3v) is 4.39. The fourth-order valence-corrected chi connectivity index (χ4v) is 3.14. The van der Waals surface area contributed by atoms with Crippen molar-refractivity contribution in [3.63, 3.8) is 0 Å². The van der Waals surface area contributed by atoms with Crippen LogP contribution in [0.25, 0.3) is 0 Å². The summed E-state index contributed by atoms with van der Waals surface area (Å²) in [7, 11) is 0. The van der Waals surface area contributed by atoms with Crippen LogP contribution in [0.1, 0.15) is 44.0 Å². The van der Waals surface area contributed by atoms with Crippen LogP contribution in [0.4, 0.5) is 23.7 Å². The summed E-state index contributed by atoms with van der Waals surface area (Å²) in [6.07, 6.45) is -3.05. The molecule has 130 valence electrons. The molecule has 0 aliphatic heterocycles. The van der Waals surface area contributed by atoms with Gasteiger partial charge in [-0.05, 0) is 40.0 Å². The maximum Gasteiger partial charge on any atom is 0.391 e. The lowest BCUT2D eigenvalue weighted by Crippen LogP contribution is -2.43. The van der Waals surface area contributed by atoms with Gasteiger partial charge in [0, 0.05) is 12.6 Å². The molecule has 0 radical (unpaired) electrons. The van der Waals surface area contributed by atoms with E-state index in [1.807, 2.05) is 13.8 Å². The lowest BCUT2D eigenvalue weighted by Gasteiger charge is -2.31. The number of aryl methyl sites for hydroxylation is 2. The minimum Gasteiger partial charge on any atom is -0.335 e. The maximum atomic E-state index is 12.8. The second-order valence-electron chi connectivity index (χ2n) is 6.06. The van der Waals surface area contributed by atoms with Crippen molar-refractivity contribution in [2.45, 2.75) is 65.2 Å². The highest BCUT2D eigenvalue weighted by atomic mass is 19.4. The minimum absolute atomic E-state index is 0.0525. The molecule has 0 saturated heterocycles. The minimum atomic E-state index is -4.19. The lowest BCUT2D eigenvalue weighted by molar-refractivity contribution is -0.183. The Morgan fingerprint density at radius 2 is 2.04 bits per heavy atom. The normalized spacial score (nSPS) is 22.0. The standard InChI is InChI=1S/C15H23F3N4O/c1-4-22-10(3)13(9(2)21-22)20-14(23)19-12-7-5-6-11(8-12)15(16,17)18/h11-12H,4-8H2,1-3H3,(H2,19,20,23)/t11-,12+/m0/s1. The van der Waals surface area contributed by atoms with Crippen molar-refractivity contribution in [3.05, 3.63) is 11.4 Å². The number of rotatable bonds is 3. The molecule has 2 atom stereocenters. The average molecular weight is 332 g/mol. The average Bonchev–Trinajstić information content (AvgIpc) is 2.74. The highest BCUT2D eigenvalue weighted by molar-refractivity contribution is 5.90. The van der Waals surface area contributed by atoms with Gasteiger partial charge in [0.15, 0.2) is 0 Å². The number of anilines is 1. The number of urea groups is 1. The zero-order valence-electron chi connectivity index (χ0n) is 13.6. The second-order valence-corrected chi connectivity index (χ2v) is 6.06. The molecule has 2 rings (SSSR count). The van der Waals surface area contributed by atoms with E-state index in [0.29, 0.717) is 30.8 Å². The number of halogens is 3. The molecule has 1 aromatic rings. The van der Waals surface area contributed by atoms with Crippen molar-refractivity contribution in [3.8, 4) is 0 Å². The first-order chi connectivity index (χ1) is 10.7. The number of aromatic nitrogens is 2. The molecule has 0 unspecified atom stereocenters. The molecular formula is C15H23F3N4O. The zero-order chi connectivity index (χ0) is 17.2. The molecule has 1 aromatic heterocycles. The van der Waals surface area contributed by atoms with Crippen LogP contribution in [-0.4, -0.2) is 28.0 Å². The molecule has 1 fully saturated rings. The highest BCUT2D eigenvalue weighted by Gasteiger charge is 2.42. The number of nitrogens with one attached hydrogen (secondary N) is 2. The van der Waals surface area contributed by atoms with Gasteiger partial charge in [0.05, 0.1) is 23.0 Å². The Labute approximate surface area is 133 Å². The first-order valence-corrected chi connectivity index (χ1v) is 7.90. The first-order valence-electron chi connectivity index (χ1n) is 7.90. The number of carbonyl (C=O) groups is 1. The molecular weight excluding hydrogens is 309 g/mol. The van der Waals surface area contributed by atoms with E-state index in [2.05, 4.69) is 15.7 Å².